The van der Waals surface area contributed by atoms with Gasteiger partial charge in [0.05, 0.1) is 29.6 Å². The lowest BCUT2D eigenvalue weighted by molar-refractivity contribution is 0.0697. The first-order valence-corrected chi connectivity index (χ1v) is 7.00. The molecule has 114 valence electrons. The number of aromatic carboxylic acids is 1. The highest BCUT2D eigenvalue weighted by atomic mass is 16.5. The molecule has 0 unspecified atom stereocenters. The van der Waals surface area contributed by atoms with Crippen molar-refractivity contribution < 1.29 is 14.6 Å². The Bertz CT molecular complexity index is 716. The normalized spacial score (nSPS) is 11.7. The average Bonchev–Trinajstić information content (AvgIpc) is 3.02. The van der Waals surface area contributed by atoms with Crippen molar-refractivity contribution in [2.45, 2.75) is 20.3 Å². The summed E-state index contributed by atoms with van der Waals surface area (Å²) in [6.45, 7) is 4.72. The van der Waals surface area contributed by atoms with E-state index in [1.165, 1.54) is 17.1 Å². The second-order valence-corrected chi connectivity index (χ2v) is 5.10. The van der Waals surface area contributed by atoms with E-state index in [1.807, 2.05) is 0 Å². The van der Waals surface area contributed by atoms with Gasteiger partial charge in [-0.25, -0.2) is 9.48 Å². The molecule has 1 aromatic carbocycles. The number of ether oxygens (including phenoxy) is 1. The van der Waals surface area contributed by atoms with Crippen LogP contribution in [0.3, 0.4) is 0 Å². The van der Waals surface area contributed by atoms with Crippen LogP contribution in [0.25, 0.3) is 5.69 Å². The van der Waals surface area contributed by atoms with Crippen molar-refractivity contribution in [3.63, 3.8) is 0 Å². The topological polar surface area (TPSA) is 88.1 Å². The summed E-state index contributed by atoms with van der Waals surface area (Å²) < 4.78 is 7.09. The van der Waals surface area contributed by atoms with Crippen molar-refractivity contribution in [3.05, 3.63) is 41.7 Å². The molecule has 0 fully saturated rings. The van der Waals surface area contributed by atoms with Gasteiger partial charge in [-0.1, -0.05) is 20.3 Å². The highest BCUT2D eigenvalue weighted by Gasteiger charge is 2.11. The molecule has 0 aliphatic heterocycles. The number of carbonyl (C=O) groups is 1. The van der Waals surface area contributed by atoms with Gasteiger partial charge in [-0.3, -0.25) is 0 Å². The summed E-state index contributed by atoms with van der Waals surface area (Å²) in [4.78, 5) is 10.9. The first-order valence-electron chi connectivity index (χ1n) is 7.00. The van der Waals surface area contributed by atoms with Crippen LogP contribution in [0, 0.1) is 17.2 Å². The molecule has 0 spiro atoms. The van der Waals surface area contributed by atoms with E-state index in [2.05, 4.69) is 25.0 Å². The number of hydrogen-bond acceptors (Lipinski definition) is 4. The van der Waals surface area contributed by atoms with Crippen molar-refractivity contribution in [3.8, 4) is 17.5 Å². The number of carboxylic acid groups (broad SMARTS) is 1. The maximum atomic E-state index is 10.9. The first kappa shape index (κ1) is 15.6. The van der Waals surface area contributed by atoms with Crippen LogP contribution in [0.15, 0.2) is 30.6 Å². The molecule has 0 amide bonds. The molecule has 0 saturated heterocycles. The van der Waals surface area contributed by atoms with E-state index in [0.717, 1.165) is 6.42 Å². The van der Waals surface area contributed by atoms with Gasteiger partial charge in [0.1, 0.15) is 11.8 Å². The highest BCUT2D eigenvalue weighted by molar-refractivity contribution is 5.87. The van der Waals surface area contributed by atoms with Gasteiger partial charge in [0.25, 0.3) is 0 Å². The maximum Gasteiger partial charge on any atom is 0.338 e. The molecule has 0 saturated carbocycles. The quantitative estimate of drug-likeness (QED) is 0.886. The minimum absolute atomic E-state index is 0.0932. The largest absolute Gasteiger partial charge is 0.492 e. The number of aromatic nitrogens is 2. The predicted molar refractivity (Wildman–Crippen MR) is 80.2 cm³/mol. The Balaban J connectivity index is 2.24. The van der Waals surface area contributed by atoms with Gasteiger partial charge in [0.2, 0.25) is 0 Å². The fourth-order valence-electron chi connectivity index (χ4n) is 1.80. The van der Waals surface area contributed by atoms with Crippen LogP contribution in [-0.4, -0.2) is 27.5 Å². The molecule has 22 heavy (non-hydrogen) atoms. The Morgan fingerprint density at radius 3 is 2.91 bits per heavy atom. The Kier molecular flexibility index (Phi) is 4.79. The fraction of sp³-hybridized carbons (Fsp3) is 0.312. The van der Waals surface area contributed by atoms with E-state index in [0.29, 0.717) is 29.5 Å². The zero-order valence-electron chi connectivity index (χ0n) is 12.5. The molecule has 0 aliphatic rings. The summed E-state index contributed by atoms with van der Waals surface area (Å²) in [5.41, 5.74) is 1.10. The molecule has 0 aliphatic carbocycles. The number of rotatable bonds is 6. The lowest BCUT2D eigenvalue weighted by atomic mass is 10.1. The van der Waals surface area contributed by atoms with Crippen LogP contribution in [-0.2, 0) is 0 Å². The third kappa shape index (κ3) is 3.44. The van der Waals surface area contributed by atoms with E-state index in [-0.39, 0.29) is 5.56 Å². The molecular weight excluding hydrogens is 282 g/mol. The summed E-state index contributed by atoms with van der Waals surface area (Å²) in [6, 6.07) is 7.17. The molecular formula is C16H17N3O3. The van der Waals surface area contributed by atoms with Crippen LogP contribution in [0.5, 0.6) is 5.75 Å². The lowest BCUT2D eigenvalue weighted by Gasteiger charge is -2.12. The number of hydrogen-bond donors (Lipinski definition) is 1. The van der Waals surface area contributed by atoms with E-state index in [9.17, 15) is 10.1 Å². The zero-order chi connectivity index (χ0) is 16.1. The van der Waals surface area contributed by atoms with Crippen molar-refractivity contribution in [2.75, 3.05) is 6.61 Å². The maximum absolute atomic E-state index is 10.9. The smallest absolute Gasteiger partial charge is 0.338 e. The summed E-state index contributed by atoms with van der Waals surface area (Å²) in [5.74, 6) is -0.104. The summed E-state index contributed by atoms with van der Waals surface area (Å²) in [7, 11) is 0. The SMILES string of the molecule is CC[C@H](C)COc1ccc(-n2cc(C(=O)O)cn2)cc1C#N. The van der Waals surface area contributed by atoms with Crippen LogP contribution < -0.4 is 4.74 Å². The summed E-state index contributed by atoms with van der Waals surface area (Å²) in [5, 5.41) is 22.1. The summed E-state index contributed by atoms with van der Waals surface area (Å²) in [6.07, 6.45) is 3.67. The molecule has 6 heteroatoms. The molecule has 1 aromatic heterocycles. The first-order chi connectivity index (χ1) is 10.5. The second-order valence-electron chi connectivity index (χ2n) is 5.10. The lowest BCUT2D eigenvalue weighted by Crippen LogP contribution is -2.08. The standard InChI is InChI=1S/C16H17N3O3/c1-3-11(2)10-22-15-5-4-14(6-12(15)7-17)19-9-13(8-18-19)16(20)21/h4-6,8-9,11H,3,10H2,1-2H3,(H,20,21)/t11-/m0/s1. The molecule has 2 aromatic rings. The molecule has 6 nitrogen and oxygen atoms in total. The molecule has 2 rings (SSSR count). The molecule has 0 radical (unpaired) electrons. The Hall–Kier alpha value is -2.81. The summed E-state index contributed by atoms with van der Waals surface area (Å²) >= 11 is 0. The van der Waals surface area contributed by atoms with Crippen molar-refractivity contribution in [1.29, 1.82) is 5.26 Å². The minimum atomic E-state index is -1.04. The monoisotopic (exact) mass is 299 g/mol. The molecule has 1 heterocycles. The van der Waals surface area contributed by atoms with Crippen LogP contribution in [0.4, 0.5) is 0 Å². The van der Waals surface area contributed by atoms with Gasteiger partial charge < -0.3 is 9.84 Å². The average molecular weight is 299 g/mol. The van der Waals surface area contributed by atoms with Crippen LogP contribution in [0.2, 0.25) is 0 Å². The number of benzene rings is 1. The third-order valence-corrected chi connectivity index (χ3v) is 3.40. The highest BCUT2D eigenvalue weighted by Crippen LogP contribution is 2.22. The van der Waals surface area contributed by atoms with E-state index in [1.54, 1.807) is 18.2 Å². The van der Waals surface area contributed by atoms with Crippen LogP contribution >= 0.6 is 0 Å². The fourth-order valence-corrected chi connectivity index (χ4v) is 1.80. The van der Waals surface area contributed by atoms with E-state index >= 15 is 0 Å². The number of nitrogens with zero attached hydrogens (tertiary/aromatic N) is 3. The van der Waals surface area contributed by atoms with Crippen molar-refractivity contribution in [2.24, 2.45) is 5.92 Å². The van der Waals surface area contributed by atoms with Gasteiger partial charge in [0, 0.05) is 6.20 Å². The Morgan fingerprint density at radius 2 is 2.32 bits per heavy atom. The Labute approximate surface area is 128 Å². The zero-order valence-corrected chi connectivity index (χ0v) is 12.5. The van der Waals surface area contributed by atoms with Gasteiger partial charge in [-0.15, -0.1) is 0 Å². The van der Waals surface area contributed by atoms with Gasteiger partial charge in [-0.2, -0.15) is 10.4 Å². The van der Waals surface area contributed by atoms with Gasteiger partial charge in [-0.05, 0) is 24.1 Å². The second kappa shape index (κ2) is 6.76. The van der Waals surface area contributed by atoms with Crippen molar-refractivity contribution >= 4 is 5.97 Å². The molecule has 1 N–H and O–H groups in total. The van der Waals surface area contributed by atoms with Gasteiger partial charge >= 0.3 is 5.97 Å². The van der Waals surface area contributed by atoms with E-state index in [4.69, 9.17) is 9.84 Å². The Morgan fingerprint density at radius 1 is 1.55 bits per heavy atom. The van der Waals surface area contributed by atoms with Gasteiger partial charge in [0.15, 0.2) is 0 Å². The minimum Gasteiger partial charge on any atom is -0.492 e. The van der Waals surface area contributed by atoms with Crippen LogP contribution in [0.1, 0.15) is 36.2 Å². The predicted octanol–water partition coefficient (Wildman–Crippen LogP) is 2.87. The van der Waals surface area contributed by atoms with Crippen molar-refractivity contribution in [1.82, 2.24) is 9.78 Å². The number of nitriles is 1. The molecule has 0 bridgehead atoms. The molecule has 1 atom stereocenters. The number of carboxylic acids is 1. The van der Waals surface area contributed by atoms with E-state index < -0.39 is 5.97 Å². The third-order valence-electron chi connectivity index (χ3n) is 3.40.